The van der Waals surface area contributed by atoms with Crippen LogP contribution in [-0.4, -0.2) is 11.0 Å². The maximum atomic E-state index is 11.6. The molecule has 0 aliphatic carbocycles. The molecule has 1 aromatic heterocycles. The van der Waals surface area contributed by atoms with Crippen LogP contribution >= 0.6 is 0 Å². The van der Waals surface area contributed by atoms with Gasteiger partial charge in [-0.05, 0) is 30.2 Å². The molecule has 0 spiro atoms. The highest BCUT2D eigenvalue weighted by atomic mass is 16.2. The minimum Gasteiger partial charge on any atom is -0.334 e. The third-order valence-electron chi connectivity index (χ3n) is 2.78. The zero-order chi connectivity index (χ0) is 13.5. The van der Waals surface area contributed by atoms with Crippen LogP contribution in [0.15, 0.2) is 48.8 Å². The molecule has 2 rings (SSSR count). The molecule has 0 unspecified atom stereocenters. The molecule has 2 amide bonds. The fourth-order valence-electron chi connectivity index (χ4n) is 1.63. The lowest BCUT2D eigenvalue weighted by molar-refractivity contribution is 0.240. The Kier molecular flexibility index (Phi) is 4.50. The standard InChI is InChI=1S/C15H17N3O/c1-12-2-4-13(5-3-12)10-17-15(19)18-11-14-6-8-16-9-7-14/h2-9H,10-11H2,1H3,(H2,17,18,19). The van der Waals surface area contributed by atoms with Crippen LogP contribution in [-0.2, 0) is 13.1 Å². The van der Waals surface area contributed by atoms with E-state index in [2.05, 4.69) is 15.6 Å². The van der Waals surface area contributed by atoms with Gasteiger partial charge in [-0.1, -0.05) is 29.8 Å². The van der Waals surface area contributed by atoms with E-state index in [9.17, 15) is 4.79 Å². The third kappa shape index (κ3) is 4.43. The van der Waals surface area contributed by atoms with E-state index in [1.807, 2.05) is 43.3 Å². The van der Waals surface area contributed by atoms with Crippen molar-refractivity contribution in [1.82, 2.24) is 15.6 Å². The van der Waals surface area contributed by atoms with Crippen LogP contribution in [0.3, 0.4) is 0 Å². The molecular weight excluding hydrogens is 238 g/mol. The average molecular weight is 255 g/mol. The number of hydrogen-bond donors (Lipinski definition) is 2. The Balaban J connectivity index is 1.74. The zero-order valence-electron chi connectivity index (χ0n) is 10.9. The number of amides is 2. The number of urea groups is 1. The Hall–Kier alpha value is -2.36. The van der Waals surface area contributed by atoms with Crippen LogP contribution in [0.4, 0.5) is 4.79 Å². The number of carbonyl (C=O) groups is 1. The first-order valence-electron chi connectivity index (χ1n) is 6.20. The first kappa shape index (κ1) is 13.1. The number of aromatic nitrogens is 1. The largest absolute Gasteiger partial charge is 0.334 e. The molecular formula is C15H17N3O. The van der Waals surface area contributed by atoms with Gasteiger partial charge in [-0.3, -0.25) is 4.98 Å². The Morgan fingerprint density at radius 2 is 1.47 bits per heavy atom. The monoisotopic (exact) mass is 255 g/mol. The van der Waals surface area contributed by atoms with Gasteiger partial charge in [-0.25, -0.2) is 4.79 Å². The van der Waals surface area contributed by atoms with Crippen molar-refractivity contribution in [1.29, 1.82) is 0 Å². The lowest BCUT2D eigenvalue weighted by atomic mass is 10.1. The number of rotatable bonds is 4. The van der Waals surface area contributed by atoms with Gasteiger partial charge in [0.25, 0.3) is 0 Å². The number of carbonyl (C=O) groups excluding carboxylic acids is 1. The molecule has 4 nitrogen and oxygen atoms in total. The van der Waals surface area contributed by atoms with Crippen molar-refractivity contribution in [2.24, 2.45) is 0 Å². The minimum absolute atomic E-state index is 0.169. The van der Waals surface area contributed by atoms with Gasteiger partial charge >= 0.3 is 6.03 Å². The number of pyridine rings is 1. The summed E-state index contributed by atoms with van der Waals surface area (Å²) in [5.74, 6) is 0. The normalized spacial score (nSPS) is 9.95. The predicted molar refractivity (Wildman–Crippen MR) is 74.5 cm³/mol. The third-order valence-corrected chi connectivity index (χ3v) is 2.78. The van der Waals surface area contributed by atoms with Gasteiger partial charge < -0.3 is 10.6 Å². The molecule has 0 saturated heterocycles. The van der Waals surface area contributed by atoms with Crippen molar-refractivity contribution in [3.05, 3.63) is 65.5 Å². The number of hydrogen-bond acceptors (Lipinski definition) is 2. The lowest BCUT2D eigenvalue weighted by Gasteiger charge is -2.08. The van der Waals surface area contributed by atoms with Crippen molar-refractivity contribution in [2.75, 3.05) is 0 Å². The Labute approximate surface area is 112 Å². The van der Waals surface area contributed by atoms with Gasteiger partial charge in [0.1, 0.15) is 0 Å². The minimum atomic E-state index is -0.169. The van der Waals surface area contributed by atoms with Gasteiger partial charge in [-0.2, -0.15) is 0 Å². The van der Waals surface area contributed by atoms with Crippen LogP contribution in [0.5, 0.6) is 0 Å². The van der Waals surface area contributed by atoms with Crippen LogP contribution < -0.4 is 10.6 Å². The molecule has 0 aliphatic rings. The summed E-state index contributed by atoms with van der Waals surface area (Å²) in [6.07, 6.45) is 3.42. The summed E-state index contributed by atoms with van der Waals surface area (Å²) in [7, 11) is 0. The topological polar surface area (TPSA) is 54.0 Å². The van der Waals surface area contributed by atoms with Gasteiger partial charge in [0.15, 0.2) is 0 Å². The smallest absolute Gasteiger partial charge is 0.315 e. The quantitative estimate of drug-likeness (QED) is 0.881. The number of benzene rings is 1. The average Bonchev–Trinajstić information content (AvgIpc) is 2.45. The van der Waals surface area contributed by atoms with Crippen molar-refractivity contribution in [3.63, 3.8) is 0 Å². The molecule has 0 bridgehead atoms. The highest BCUT2D eigenvalue weighted by molar-refractivity contribution is 5.73. The molecule has 1 aromatic carbocycles. The molecule has 2 N–H and O–H groups in total. The van der Waals surface area contributed by atoms with E-state index in [4.69, 9.17) is 0 Å². The number of nitrogens with one attached hydrogen (secondary N) is 2. The van der Waals surface area contributed by atoms with E-state index in [0.717, 1.165) is 11.1 Å². The van der Waals surface area contributed by atoms with E-state index >= 15 is 0 Å². The highest BCUT2D eigenvalue weighted by Crippen LogP contribution is 2.02. The Bertz CT molecular complexity index is 523. The summed E-state index contributed by atoms with van der Waals surface area (Å²) in [5, 5.41) is 5.63. The summed E-state index contributed by atoms with van der Waals surface area (Å²) in [6.45, 7) is 3.07. The van der Waals surface area contributed by atoms with Crippen LogP contribution in [0.1, 0.15) is 16.7 Å². The lowest BCUT2D eigenvalue weighted by Crippen LogP contribution is -2.34. The molecule has 4 heteroatoms. The molecule has 0 aliphatic heterocycles. The summed E-state index contributed by atoms with van der Waals surface area (Å²) in [4.78, 5) is 15.5. The molecule has 0 radical (unpaired) electrons. The predicted octanol–water partition coefficient (Wildman–Crippen LogP) is 2.39. The first-order chi connectivity index (χ1) is 9.24. The molecule has 0 atom stereocenters. The summed E-state index contributed by atoms with van der Waals surface area (Å²) in [5.41, 5.74) is 3.33. The van der Waals surface area contributed by atoms with Gasteiger partial charge in [0.2, 0.25) is 0 Å². The molecule has 98 valence electrons. The summed E-state index contributed by atoms with van der Waals surface area (Å²) < 4.78 is 0. The van der Waals surface area contributed by atoms with Crippen LogP contribution in [0.25, 0.3) is 0 Å². The van der Waals surface area contributed by atoms with Gasteiger partial charge in [0.05, 0.1) is 0 Å². The van der Waals surface area contributed by atoms with E-state index in [-0.39, 0.29) is 6.03 Å². The molecule has 0 fully saturated rings. The second-order valence-corrected chi connectivity index (χ2v) is 4.38. The first-order valence-corrected chi connectivity index (χ1v) is 6.20. The van der Waals surface area contributed by atoms with Crippen molar-refractivity contribution in [3.8, 4) is 0 Å². The van der Waals surface area contributed by atoms with E-state index in [1.54, 1.807) is 12.4 Å². The Morgan fingerprint density at radius 1 is 0.947 bits per heavy atom. The maximum absolute atomic E-state index is 11.6. The SMILES string of the molecule is Cc1ccc(CNC(=O)NCc2ccncc2)cc1. The molecule has 0 saturated carbocycles. The highest BCUT2D eigenvalue weighted by Gasteiger charge is 2.00. The number of aryl methyl sites for hydroxylation is 1. The second-order valence-electron chi connectivity index (χ2n) is 4.38. The fourth-order valence-corrected chi connectivity index (χ4v) is 1.63. The van der Waals surface area contributed by atoms with Gasteiger partial charge in [-0.15, -0.1) is 0 Å². The summed E-state index contributed by atoms with van der Waals surface area (Å²) in [6, 6.07) is 11.7. The summed E-state index contributed by atoms with van der Waals surface area (Å²) >= 11 is 0. The molecule has 19 heavy (non-hydrogen) atoms. The number of nitrogens with zero attached hydrogens (tertiary/aromatic N) is 1. The molecule has 1 heterocycles. The van der Waals surface area contributed by atoms with Crippen LogP contribution in [0.2, 0.25) is 0 Å². The van der Waals surface area contributed by atoms with Crippen molar-refractivity contribution < 1.29 is 4.79 Å². The van der Waals surface area contributed by atoms with Gasteiger partial charge in [0, 0.05) is 25.5 Å². The van der Waals surface area contributed by atoms with Crippen LogP contribution in [0, 0.1) is 6.92 Å². The fraction of sp³-hybridized carbons (Fsp3) is 0.200. The van der Waals surface area contributed by atoms with E-state index in [0.29, 0.717) is 13.1 Å². The Morgan fingerprint density at radius 3 is 2.05 bits per heavy atom. The van der Waals surface area contributed by atoms with E-state index in [1.165, 1.54) is 5.56 Å². The van der Waals surface area contributed by atoms with E-state index < -0.39 is 0 Å². The van der Waals surface area contributed by atoms with Crippen molar-refractivity contribution in [2.45, 2.75) is 20.0 Å². The molecule has 2 aromatic rings. The zero-order valence-corrected chi connectivity index (χ0v) is 10.9. The maximum Gasteiger partial charge on any atom is 0.315 e. The second kappa shape index (κ2) is 6.54. The van der Waals surface area contributed by atoms with Crippen molar-refractivity contribution >= 4 is 6.03 Å².